The van der Waals surface area contributed by atoms with E-state index in [0.29, 0.717) is 0 Å². The van der Waals surface area contributed by atoms with Gasteiger partial charge in [0.1, 0.15) is 5.82 Å². The van der Waals surface area contributed by atoms with Gasteiger partial charge in [-0.15, -0.1) is 5.10 Å². The molecule has 0 unspecified atom stereocenters. The summed E-state index contributed by atoms with van der Waals surface area (Å²) >= 11 is 5.98. The molecular weight excluding hydrogens is 262 g/mol. The Morgan fingerprint density at radius 1 is 1.26 bits per heavy atom. The number of rotatable bonds is 3. The normalized spacial score (nSPS) is 15.7. The van der Waals surface area contributed by atoms with E-state index in [2.05, 4.69) is 25.4 Å². The summed E-state index contributed by atoms with van der Waals surface area (Å²) in [5.74, 6) is 1.66. The minimum atomic E-state index is 0.722. The molecule has 1 aliphatic heterocycles. The molecule has 1 saturated heterocycles. The largest absolute Gasteiger partial charge is 0.337 e. The predicted molar refractivity (Wildman–Crippen MR) is 75.7 cm³/mol. The zero-order chi connectivity index (χ0) is 13.1. The number of aromatic amines is 1. The van der Waals surface area contributed by atoms with E-state index in [-0.39, 0.29) is 0 Å². The number of hydrogen-bond donors (Lipinski definition) is 2. The molecule has 6 heteroatoms. The van der Waals surface area contributed by atoms with Crippen molar-refractivity contribution >= 4 is 17.5 Å². The molecule has 1 aromatic carbocycles. The number of piperazine rings is 1. The van der Waals surface area contributed by atoms with Gasteiger partial charge >= 0.3 is 0 Å². The van der Waals surface area contributed by atoms with E-state index >= 15 is 0 Å². The Kier molecular flexibility index (Phi) is 3.66. The maximum atomic E-state index is 5.98. The molecule has 2 aromatic rings. The third-order valence-corrected chi connectivity index (χ3v) is 3.42. The molecule has 0 saturated carbocycles. The van der Waals surface area contributed by atoms with E-state index < -0.39 is 0 Å². The zero-order valence-electron chi connectivity index (χ0n) is 10.6. The lowest BCUT2D eigenvalue weighted by Gasteiger charge is -2.25. The van der Waals surface area contributed by atoms with Gasteiger partial charge in [-0.05, 0) is 17.7 Å². The maximum absolute atomic E-state index is 5.98. The summed E-state index contributed by atoms with van der Waals surface area (Å²) < 4.78 is 0. The molecule has 0 aliphatic carbocycles. The van der Waals surface area contributed by atoms with E-state index in [1.807, 2.05) is 24.3 Å². The minimum absolute atomic E-state index is 0.722. The van der Waals surface area contributed by atoms with E-state index in [1.165, 1.54) is 0 Å². The summed E-state index contributed by atoms with van der Waals surface area (Å²) in [5.41, 5.74) is 1.13. The Hall–Kier alpha value is -1.59. The first kappa shape index (κ1) is 12.4. The van der Waals surface area contributed by atoms with Crippen molar-refractivity contribution in [3.8, 4) is 0 Å². The molecule has 100 valence electrons. The van der Waals surface area contributed by atoms with Crippen LogP contribution in [0.25, 0.3) is 0 Å². The predicted octanol–water partition coefficient (Wildman–Crippen LogP) is 1.46. The number of hydrogen-bond acceptors (Lipinski definition) is 4. The minimum Gasteiger partial charge on any atom is -0.337 e. The molecule has 19 heavy (non-hydrogen) atoms. The molecule has 0 bridgehead atoms. The highest BCUT2D eigenvalue weighted by molar-refractivity contribution is 6.30. The number of aromatic nitrogens is 3. The topological polar surface area (TPSA) is 56.8 Å². The first-order chi connectivity index (χ1) is 9.31. The molecule has 0 amide bonds. The van der Waals surface area contributed by atoms with Crippen LogP contribution >= 0.6 is 11.6 Å². The molecule has 2 heterocycles. The Morgan fingerprint density at radius 3 is 2.89 bits per heavy atom. The van der Waals surface area contributed by atoms with E-state index in [9.17, 15) is 0 Å². The smallest absolute Gasteiger partial charge is 0.244 e. The van der Waals surface area contributed by atoms with Gasteiger partial charge in [-0.2, -0.15) is 4.98 Å². The molecule has 1 aliphatic rings. The lowest BCUT2D eigenvalue weighted by atomic mass is 10.1. The molecule has 0 radical (unpaired) electrons. The van der Waals surface area contributed by atoms with Gasteiger partial charge in [0.15, 0.2) is 0 Å². The number of H-pyrrole nitrogens is 1. The highest BCUT2D eigenvalue weighted by atomic mass is 35.5. The molecule has 0 atom stereocenters. The molecule has 1 fully saturated rings. The second-order valence-corrected chi connectivity index (χ2v) is 5.06. The number of nitrogens with one attached hydrogen (secondary N) is 2. The fraction of sp³-hybridized carbons (Fsp3) is 0.385. The fourth-order valence-corrected chi connectivity index (χ4v) is 2.42. The average Bonchev–Trinajstić information content (AvgIpc) is 2.88. The summed E-state index contributed by atoms with van der Waals surface area (Å²) in [5, 5.41) is 11.4. The van der Waals surface area contributed by atoms with Crippen molar-refractivity contribution in [2.45, 2.75) is 6.42 Å². The van der Waals surface area contributed by atoms with Crippen molar-refractivity contribution < 1.29 is 0 Å². The van der Waals surface area contributed by atoms with Crippen LogP contribution in [0.5, 0.6) is 0 Å². The van der Waals surface area contributed by atoms with E-state index in [4.69, 9.17) is 11.6 Å². The standard InChI is InChI=1S/C13H16ClN5/c14-11-3-1-2-10(8-11)9-12-16-13(18-17-12)19-6-4-15-5-7-19/h1-3,8,15H,4-7,9H2,(H,16,17,18). The molecule has 2 N–H and O–H groups in total. The van der Waals surface area contributed by atoms with Crippen molar-refractivity contribution in [2.24, 2.45) is 0 Å². The van der Waals surface area contributed by atoms with Crippen LogP contribution in [0.1, 0.15) is 11.4 Å². The highest BCUT2D eigenvalue weighted by Crippen LogP contribution is 2.14. The lowest BCUT2D eigenvalue weighted by molar-refractivity contribution is 0.580. The number of benzene rings is 1. The molecule has 5 nitrogen and oxygen atoms in total. The Labute approximate surface area is 117 Å². The summed E-state index contributed by atoms with van der Waals surface area (Å²) in [6.07, 6.45) is 0.722. The van der Waals surface area contributed by atoms with Crippen LogP contribution < -0.4 is 10.2 Å². The first-order valence-electron chi connectivity index (χ1n) is 6.43. The van der Waals surface area contributed by atoms with Gasteiger partial charge in [0.25, 0.3) is 0 Å². The van der Waals surface area contributed by atoms with E-state index in [1.54, 1.807) is 0 Å². The van der Waals surface area contributed by atoms with Gasteiger partial charge in [-0.1, -0.05) is 23.7 Å². The van der Waals surface area contributed by atoms with Gasteiger partial charge in [0.05, 0.1) is 0 Å². The van der Waals surface area contributed by atoms with Crippen LogP contribution in [0.4, 0.5) is 5.95 Å². The number of anilines is 1. The summed E-state index contributed by atoms with van der Waals surface area (Å²) in [6, 6.07) is 7.82. The van der Waals surface area contributed by atoms with Crippen LogP contribution in [-0.4, -0.2) is 41.4 Å². The van der Waals surface area contributed by atoms with Gasteiger partial charge < -0.3 is 10.2 Å². The molecule has 1 aromatic heterocycles. The monoisotopic (exact) mass is 277 g/mol. The van der Waals surface area contributed by atoms with Gasteiger partial charge in [0, 0.05) is 37.6 Å². The third-order valence-electron chi connectivity index (χ3n) is 3.18. The molecule has 0 spiro atoms. The Balaban J connectivity index is 1.70. The SMILES string of the molecule is Clc1cccc(Cc2nc(N3CCNCC3)n[nH]2)c1. The van der Waals surface area contributed by atoms with Crippen molar-refractivity contribution in [3.05, 3.63) is 40.7 Å². The third kappa shape index (κ3) is 3.05. The Bertz CT molecular complexity index is 547. The van der Waals surface area contributed by atoms with Gasteiger partial charge in [-0.25, -0.2) is 0 Å². The van der Waals surface area contributed by atoms with Gasteiger partial charge in [-0.3, -0.25) is 5.10 Å². The second-order valence-electron chi connectivity index (χ2n) is 4.63. The van der Waals surface area contributed by atoms with Crippen LogP contribution in [-0.2, 0) is 6.42 Å². The van der Waals surface area contributed by atoms with Crippen LogP contribution in [0.15, 0.2) is 24.3 Å². The molecule has 3 rings (SSSR count). The summed E-state index contributed by atoms with van der Waals surface area (Å²) in [4.78, 5) is 6.74. The number of halogens is 1. The van der Waals surface area contributed by atoms with Crippen molar-refractivity contribution in [1.82, 2.24) is 20.5 Å². The van der Waals surface area contributed by atoms with Crippen LogP contribution in [0.2, 0.25) is 5.02 Å². The summed E-state index contributed by atoms with van der Waals surface area (Å²) in [7, 11) is 0. The van der Waals surface area contributed by atoms with Crippen molar-refractivity contribution in [1.29, 1.82) is 0 Å². The fourth-order valence-electron chi connectivity index (χ4n) is 2.21. The maximum Gasteiger partial charge on any atom is 0.244 e. The highest BCUT2D eigenvalue weighted by Gasteiger charge is 2.14. The quantitative estimate of drug-likeness (QED) is 0.892. The van der Waals surface area contributed by atoms with Crippen molar-refractivity contribution in [2.75, 3.05) is 31.1 Å². The molecular formula is C13H16ClN5. The Morgan fingerprint density at radius 2 is 2.11 bits per heavy atom. The lowest BCUT2D eigenvalue weighted by Crippen LogP contribution is -2.44. The zero-order valence-corrected chi connectivity index (χ0v) is 11.3. The second kappa shape index (κ2) is 5.59. The van der Waals surface area contributed by atoms with Crippen LogP contribution in [0, 0.1) is 0 Å². The van der Waals surface area contributed by atoms with Crippen molar-refractivity contribution in [3.63, 3.8) is 0 Å². The first-order valence-corrected chi connectivity index (χ1v) is 6.80. The summed E-state index contributed by atoms with van der Waals surface area (Å²) in [6.45, 7) is 3.87. The number of nitrogens with zero attached hydrogens (tertiary/aromatic N) is 3. The van der Waals surface area contributed by atoms with Crippen LogP contribution in [0.3, 0.4) is 0 Å². The average molecular weight is 278 g/mol. The van der Waals surface area contributed by atoms with Gasteiger partial charge in [0.2, 0.25) is 5.95 Å². The van der Waals surface area contributed by atoms with E-state index in [0.717, 1.165) is 55.0 Å².